The van der Waals surface area contributed by atoms with E-state index in [0.717, 1.165) is 73.1 Å². The molecule has 2 heterocycles. The molecule has 1 N–H and O–H groups in total. The van der Waals surface area contributed by atoms with Gasteiger partial charge in [-0.25, -0.2) is 9.98 Å². The second-order valence-electron chi connectivity index (χ2n) is 14.1. The third kappa shape index (κ3) is 6.97. The molecule has 0 aliphatic carbocycles. The summed E-state index contributed by atoms with van der Waals surface area (Å²) in [6.07, 6.45) is -0.507. The van der Waals surface area contributed by atoms with Crippen molar-refractivity contribution in [3.63, 3.8) is 0 Å². The molecule has 0 saturated heterocycles. The molecule has 268 valence electrons. The van der Waals surface area contributed by atoms with Gasteiger partial charge in [0.05, 0.1) is 0 Å². The van der Waals surface area contributed by atoms with E-state index in [1.54, 1.807) is 0 Å². The molecule has 1 aliphatic heterocycles. The monoisotopic (exact) mass is 720 g/mol. The first-order valence-corrected chi connectivity index (χ1v) is 19.1. The van der Waals surface area contributed by atoms with Crippen LogP contribution >= 0.6 is 0 Å². The molecule has 0 bridgehead atoms. The fraction of sp³-hybridized carbons (Fsp3) is 0.0577. The topological polar surface area (TPSA) is 49.6 Å². The number of amidine groups is 2. The highest BCUT2D eigenvalue weighted by Gasteiger charge is 2.25. The van der Waals surface area contributed by atoms with Crippen molar-refractivity contribution >= 4 is 11.7 Å². The number of benzene rings is 7. The quantitative estimate of drug-likeness (QED) is 0.170. The van der Waals surface area contributed by atoms with E-state index in [1.165, 1.54) is 22.3 Å². The molecular formula is C52H40N4. The Balaban J connectivity index is 1.23. The molecular weight excluding hydrogens is 681 g/mol. The Hall–Kier alpha value is -7.17. The first kappa shape index (κ1) is 34.6. The molecule has 4 nitrogen and oxygen atoms in total. The fourth-order valence-corrected chi connectivity index (χ4v) is 7.64. The lowest BCUT2D eigenvalue weighted by Gasteiger charge is -2.25. The van der Waals surface area contributed by atoms with Gasteiger partial charge >= 0.3 is 0 Å². The maximum atomic E-state index is 5.41. The third-order valence-electron chi connectivity index (χ3n) is 10.4. The van der Waals surface area contributed by atoms with E-state index in [9.17, 15) is 0 Å². The third-order valence-corrected chi connectivity index (χ3v) is 10.4. The first-order chi connectivity index (χ1) is 27.6. The Bertz CT molecular complexity index is 2720. The lowest BCUT2D eigenvalue weighted by atomic mass is 9.91. The van der Waals surface area contributed by atoms with Crippen LogP contribution < -0.4 is 5.32 Å². The van der Waals surface area contributed by atoms with Crippen LogP contribution in [0.5, 0.6) is 0 Å². The highest BCUT2D eigenvalue weighted by Crippen LogP contribution is 2.38. The number of pyridine rings is 1. The Morgan fingerprint density at radius 3 is 1.39 bits per heavy atom. The van der Waals surface area contributed by atoms with Crippen LogP contribution in [0, 0.1) is 13.8 Å². The Labute approximate surface area is 328 Å². The number of nitrogens with one attached hydrogen (secondary N) is 1. The van der Waals surface area contributed by atoms with Crippen molar-refractivity contribution in [1.82, 2.24) is 10.3 Å². The highest BCUT2D eigenvalue weighted by atomic mass is 15.2. The van der Waals surface area contributed by atoms with E-state index < -0.39 is 6.17 Å². The number of aromatic nitrogens is 1. The number of nitrogens with zero attached hydrogens (tertiary/aromatic N) is 3. The van der Waals surface area contributed by atoms with Crippen molar-refractivity contribution < 1.29 is 0 Å². The molecule has 8 aromatic rings. The van der Waals surface area contributed by atoms with Gasteiger partial charge in [0.1, 0.15) is 11.7 Å². The number of hydrogen-bond donors (Lipinski definition) is 1. The molecule has 1 aliphatic rings. The van der Waals surface area contributed by atoms with Crippen LogP contribution in [-0.4, -0.2) is 16.7 Å². The average molecular weight is 721 g/mol. The van der Waals surface area contributed by atoms with Gasteiger partial charge in [-0.3, -0.25) is 4.98 Å². The predicted octanol–water partition coefficient (Wildman–Crippen LogP) is 12.5. The van der Waals surface area contributed by atoms with Crippen molar-refractivity contribution in [3.05, 3.63) is 222 Å². The fourth-order valence-electron chi connectivity index (χ4n) is 7.64. The van der Waals surface area contributed by atoms with Gasteiger partial charge in [0, 0.05) is 28.1 Å². The maximum Gasteiger partial charge on any atom is 0.169 e. The van der Waals surface area contributed by atoms with Gasteiger partial charge in [-0.15, -0.1) is 0 Å². The second kappa shape index (κ2) is 15.3. The van der Waals surface area contributed by atoms with Crippen LogP contribution in [0.15, 0.2) is 204 Å². The van der Waals surface area contributed by atoms with Crippen molar-refractivity contribution in [3.8, 4) is 55.6 Å². The van der Waals surface area contributed by atoms with Crippen molar-refractivity contribution in [2.75, 3.05) is 0 Å². The summed E-state index contributed by atoms with van der Waals surface area (Å²) >= 11 is 0. The minimum Gasteiger partial charge on any atom is -0.324 e. The number of rotatable bonds is 8. The standard InChI is InChI=1S/C52H40N4/c1-35-27-30-43(36(2)53-35)46-25-15-16-26-47(46)52-55-50(41-28-31-44(37-17-7-3-8-18-37)48(33-41)39-21-11-5-12-22-39)54-51(56-52)42-29-32-45(38-19-9-4-10-20-38)49(34-42)40-23-13-6-14-24-40/h3-34,50H,1-2H3,(H,54,55,56). The van der Waals surface area contributed by atoms with Gasteiger partial charge < -0.3 is 5.32 Å². The number of aryl methyl sites for hydroxylation is 2. The molecule has 0 saturated carbocycles. The lowest BCUT2D eigenvalue weighted by molar-refractivity contribution is 0.756. The smallest absolute Gasteiger partial charge is 0.169 e. The summed E-state index contributed by atoms with van der Waals surface area (Å²) < 4.78 is 0. The molecule has 0 fully saturated rings. The van der Waals surface area contributed by atoms with Gasteiger partial charge in [-0.2, -0.15) is 0 Å². The first-order valence-electron chi connectivity index (χ1n) is 19.1. The number of hydrogen-bond acceptors (Lipinski definition) is 4. The minimum atomic E-state index is -0.507. The van der Waals surface area contributed by atoms with Crippen LogP contribution in [0.4, 0.5) is 0 Å². The van der Waals surface area contributed by atoms with Crippen molar-refractivity contribution in [1.29, 1.82) is 0 Å². The summed E-state index contributed by atoms with van der Waals surface area (Å²) in [4.78, 5) is 15.6. The van der Waals surface area contributed by atoms with Gasteiger partial charge in [0.15, 0.2) is 6.17 Å². The zero-order chi connectivity index (χ0) is 37.8. The van der Waals surface area contributed by atoms with Crippen molar-refractivity contribution in [2.24, 2.45) is 9.98 Å². The van der Waals surface area contributed by atoms with Gasteiger partial charge in [-0.1, -0.05) is 176 Å². The van der Waals surface area contributed by atoms with Crippen LogP contribution in [0.1, 0.15) is 34.2 Å². The summed E-state index contributed by atoms with van der Waals surface area (Å²) in [5, 5.41) is 3.73. The minimum absolute atomic E-state index is 0.507. The van der Waals surface area contributed by atoms with Crippen LogP contribution in [-0.2, 0) is 0 Å². The summed E-state index contributed by atoms with van der Waals surface area (Å²) in [6.45, 7) is 4.10. The van der Waals surface area contributed by atoms with E-state index in [4.69, 9.17) is 15.0 Å². The van der Waals surface area contributed by atoms with Crippen LogP contribution in [0.3, 0.4) is 0 Å². The van der Waals surface area contributed by atoms with Crippen LogP contribution in [0.25, 0.3) is 55.6 Å². The number of aliphatic imine (C=N–C) groups is 2. The van der Waals surface area contributed by atoms with Crippen LogP contribution in [0.2, 0.25) is 0 Å². The molecule has 1 atom stereocenters. The molecule has 1 aromatic heterocycles. The Morgan fingerprint density at radius 1 is 0.357 bits per heavy atom. The highest BCUT2D eigenvalue weighted by molar-refractivity contribution is 6.18. The summed E-state index contributed by atoms with van der Waals surface area (Å²) in [5.74, 6) is 1.52. The van der Waals surface area contributed by atoms with E-state index >= 15 is 0 Å². The molecule has 9 rings (SSSR count). The van der Waals surface area contributed by atoms with Gasteiger partial charge in [-0.05, 0) is 87.7 Å². The normalized spacial score (nSPS) is 13.7. The lowest BCUT2D eigenvalue weighted by Crippen LogP contribution is -2.36. The van der Waals surface area contributed by atoms with Crippen molar-refractivity contribution in [2.45, 2.75) is 20.0 Å². The average Bonchev–Trinajstić information content (AvgIpc) is 3.27. The molecule has 56 heavy (non-hydrogen) atoms. The molecule has 0 radical (unpaired) electrons. The Morgan fingerprint density at radius 2 is 0.821 bits per heavy atom. The molecule has 0 amide bonds. The summed E-state index contributed by atoms with van der Waals surface area (Å²) in [7, 11) is 0. The van der Waals surface area contributed by atoms with E-state index in [-0.39, 0.29) is 0 Å². The van der Waals surface area contributed by atoms with Gasteiger partial charge in [0.25, 0.3) is 0 Å². The second-order valence-corrected chi connectivity index (χ2v) is 14.1. The largest absolute Gasteiger partial charge is 0.324 e. The summed E-state index contributed by atoms with van der Waals surface area (Å²) in [5.41, 5.74) is 16.3. The van der Waals surface area contributed by atoms with E-state index in [1.807, 2.05) is 6.92 Å². The Kier molecular flexibility index (Phi) is 9.44. The molecule has 0 spiro atoms. The van der Waals surface area contributed by atoms with E-state index in [0.29, 0.717) is 0 Å². The maximum absolute atomic E-state index is 5.41. The van der Waals surface area contributed by atoms with E-state index in [2.05, 4.69) is 206 Å². The SMILES string of the molecule is Cc1ccc(-c2ccccc2C2=NC(c3ccc(-c4ccccc4)c(-c4ccccc4)c3)N=C(c3ccc(-c4ccccc4)c(-c4ccccc4)c3)N2)c(C)n1. The molecule has 7 aromatic carbocycles. The zero-order valence-electron chi connectivity index (χ0n) is 31.4. The molecule has 1 unspecified atom stereocenters. The predicted molar refractivity (Wildman–Crippen MR) is 233 cm³/mol. The zero-order valence-corrected chi connectivity index (χ0v) is 31.4. The summed E-state index contributed by atoms with van der Waals surface area (Å²) in [6, 6.07) is 68.3. The van der Waals surface area contributed by atoms with Gasteiger partial charge in [0.2, 0.25) is 0 Å². The molecule has 4 heteroatoms.